The van der Waals surface area contributed by atoms with Crippen molar-refractivity contribution in [1.29, 1.82) is 0 Å². The van der Waals surface area contributed by atoms with Crippen LogP contribution in [-0.4, -0.2) is 5.11 Å². The highest BCUT2D eigenvalue weighted by atomic mass is 16.3. The molecule has 134 valence electrons. The molecular formula is C23H36O. The van der Waals surface area contributed by atoms with Crippen LogP contribution in [0.5, 0.6) is 0 Å². The van der Waals surface area contributed by atoms with Gasteiger partial charge in [0.25, 0.3) is 0 Å². The lowest BCUT2D eigenvalue weighted by Crippen LogP contribution is -2.19. The molecule has 1 heteroatoms. The summed E-state index contributed by atoms with van der Waals surface area (Å²) in [5, 5.41) is 10.8. The molecule has 0 aliphatic heterocycles. The van der Waals surface area contributed by atoms with Crippen molar-refractivity contribution in [3.8, 4) is 0 Å². The molecule has 0 aromatic heterocycles. The topological polar surface area (TPSA) is 20.2 Å². The van der Waals surface area contributed by atoms with Crippen LogP contribution in [0.25, 0.3) is 0 Å². The van der Waals surface area contributed by atoms with E-state index >= 15 is 0 Å². The van der Waals surface area contributed by atoms with Gasteiger partial charge in [-0.25, -0.2) is 0 Å². The summed E-state index contributed by atoms with van der Waals surface area (Å²) in [5.41, 5.74) is 4.09. The zero-order valence-corrected chi connectivity index (χ0v) is 15.9. The second kappa shape index (κ2) is 8.04. The van der Waals surface area contributed by atoms with Crippen molar-refractivity contribution in [3.05, 3.63) is 34.9 Å². The molecular weight excluding hydrogens is 292 g/mol. The largest absolute Gasteiger partial charge is 0.388 e. The Morgan fingerprint density at radius 2 is 1.67 bits per heavy atom. The highest BCUT2D eigenvalue weighted by molar-refractivity contribution is 5.35. The minimum Gasteiger partial charge on any atom is -0.388 e. The van der Waals surface area contributed by atoms with Gasteiger partial charge in [-0.1, -0.05) is 51.3 Å². The summed E-state index contributed by atoms with van der Waals surface area (Å²) in [7, 11) is 0. The van der Waals surface area contributed by atoms with E-state index in [-0.39, 0.29) is 6.10 Å². The Bertz CT molecular complexity index is 519. The highest BCUT2D eigenvalue weighted by Crippen LogP contribution is 2.40. The van der Waals surface area contributed by atoms with E-state index in [0.717, 1.165) is 23.3 Å². The molecule has 2 aliphatic carbocycles. The minimum absolute atomic E-state index is 0.263. The van der Waals surface area contributed by atoms with Gasteiger partial charge in [0.15, 0.2) is 0 Å². The average Bonchev–Trinajstić information content (AvgIpc) is 2.62. The van der Waals surface area contributed by atoms with Crippen LogP contribution >= 0.6 is 0 Å². The van der Waals surface area contributed by atoms with Crippen molar-refractivity contribution < 1.29 is 5.11 Å². The van der Waals surface area contributed by atoms with Crippen LogP contribution in [-0.2, 0) is 0 Å². The molecule has 0 amide bonds. The maximum atomic E-state index is 10.8. The highest BCUT2D eigenvalue weighted by Gasteiger charge is 2.27. The lowest BCUT2D eigenvalue weighted by Gasteiger charge is -2.31. The summed E-state index contributed by atoms with van der Waals surface area (Å²) in [6.07, 6.45) is 11.5. The lowest BCUT2D eigenvalue weighted by molar-refractivity contribution is 0.0755. The summed E-state index contributed by atoms with van der Waals surface area (Å²) in [6.45, 7) is 6.92. The molecule has 3 rings (SSSR count). The normalized spacial score (nSPS) is 32.5. The summed E-state index contributed by atoms with van der Waals surface area (Å²) in [6, 6.07) is 6.83. The quantitative estimate of drug-likeness (QED) is 0.665. The molecule has 1 N–H and O–H groups in total. The van der Waals surface area contributed by atoms with E-state index in [2.05, 4.69) is 39.0 Å². The average molecular weight is 329 g/mol. The van der Waals surface area contributed by atoms with Gasteiger partial charge in [-0.15, -0.1) is 0 Å². The van der Waals surface area contributed by atoms with Gasteiger partial charge in [-0.05, 0) is 85.8 Å². The van der Waals surface area contributed by atoms with Crippen LogP contribution in [0.3, 0.4) is 0 Å². The summed E-state index contributed by atoms with van der Waals surface area (Å²) in [4.78, 5) is 0. The molecule has 1 aromatic carbocycles. The van der Waals surface area contributed by atoms with Crippen LogP contribution in [0.1, 0.15) is 100 Å². The van der Waals surface area contributed by atoms with Crippen molar-refractivity contribution in [1.82, 2.24) is 0 Å². The van der Waals surface area contributed by atoms with E-state index in [1.54, 1.807) is 0 Å². The monoisotopic (exact) mass is 328 g/mol. The van der Waals surface area contributed by atoms with Gasteiger partial charge >= 0.3 is 0 Å². The van der Waals surface area contributed by atoms with Gasteiger partial charge in [-0.2, -0.15) is 0 Å². The van der Waals surface area contributed by atoms with E-state index in [9.17, 15) is 5.11 Å². The molecule has 1 unspecified atom stereocenters. The SMILES string of the molecule is CCC1CCC(c2ccc(C(O)C3CCC(C)CC3)cc2C)CC1. The first kappa shape index (κ1) is 18.0. The fourth-order valence-electron chi connectivity index (χ4n) is 5.10. The molecule has 1 atom stereocenters. The Morgan fingerprint density at radius 1 is 1.00 bits per heavy atom. The predicted molar refractivity (Wildman–Crippen MR) is 102 cm³/mol. The Balaban J connectivity index is 1.66. The third-order valence-electron chi connectivity index (χ3n) is 7.01. The predicted octanol–water partition coefficient (Wildman–Crippen LogP) is 6.54. The van der Waals surface area contributed by atoms with Crippen molar-refractivity contribution in [2.24, 2.45) is 17.8 Å². The first-order valence-electron chi connectivity index (χ1n) is 10.4. The van der Waals surface area contributed by atoms with Crippen LogP contribution in [0.15, 0.2) is 18.2 Å². The van der Waals surface area contributed by atoms with E-state index in [1.807, 2.05) is 0 Å². The van der Waals surface area contributed by atoms with Gasteiger partial charge in [-0.3, -0.25) is 0 Å². The number of aryl methyl sites for hydroxylation is 1. The van der Waals surface area contributed by atoms with Gasteiger partial charge in [0.1, 0.15) is 0 Å². The summed E-state index contributed by atoms with van der Waals surface area (Å²) >= 11 is 0. The minimum atomic E-state index is -0.263. The Morgan fingerprint density at radius 3 is 2.25 bits per heavy atom. The Kier molecular flexibility index (Phi) is 6.02. The standard InChI is InChI=1S/C23H36O/c1-4-18-7-11-19(12-8-18)22-14-13-21(15-17(22)3)23(24)20-9-5-16(2)6-10-20/h13-16,18-20,23-24H,4-12H2,1-3H3. The van der Waals surface area contributed by atoms with E-state index < -0.39 is 0 Å². The first-order valence-corrected chi connectivity index (χ1v) is 10.4. The molecule has 2 fully saturated rings. The van der Waals surface area contributed by atoms with Gasteiger partial charge in [0.2, 0.25) is 0 Å². The van der Waals surface area contributed by atoms with Crippen LogP contribution in [0.2, 0.25) is 0 Å². The molecule has 0 heterocycles. The van der Waals surface area contributed by atoms with Gasteiger partial charge in [0, 0.05) is 0 Å². The molecule has 24 heavy (non-hydrogen) atoms. The molecule has 0 spiro atoms. The van der Waals surface area contributed by atoms with Crippen LogP contribution in [0.4, 0.5) is 0 Å². The number of aliphatic hydroxyl groups excluding tert-OH is 1. The fraction of sp³-hybridized carbons (Fsp3) is 0.739. The number of benzene rings is 1. The second-order valence-electron chi connectivity index (χ2n) is 8.71. The zero-order valence-electron chi connectivity index (χ0n) is 15.9. The third-order valence-corrected chi connectivity index (χ3v) is 7.01. The van der Waals surface area contributed by atoms with Crippen molar-refractivity contribution in [2.75, 3.05) is 0 Å². The smallest absolute Gasteiger partial charge is 0.0818 e. The molecule has 0 saturated heterocycles. The molecule has 2 saturated carbocycles. The van der Waals surface area contributed by atoms with Crippen LogP contribution < -0.4 is 0 Å². The second-order valence-corrected chi connectivity index (χ2v) is 8.71. The first-order chi connectivity index (χ1) is 11.6. The molecule has 2 aliphatic rings. The molecule has 0 bridgehead atoms. The van der Waals surface area contributed by atoms with Gasteiger partial charge < -0.3 is 5.11 Å². The molecule has 0 radical (unpaired) electrons. The van der Waals surface area contributed by atoms with Crippen molar-refractivity contribution in [2.45, 2.75) is 90.6 Å². The number of hydrogen-bond acceptors (Lipinski definition) is 1. The summed E-state index contributed by atoms with van der Waals surface area (Å²) in [5.74, 6) is 3.01. The van der Waals surface area contributed by atoms with Crippen LogP contribution in [0, 0.1) is 24.7 Å². The van der Waals surface area contributed by atoms with Crippen molar-refractivity contribution in [3.63, 3.8) is 0 Å². The third kappa shape index (κ3) is 4.04. The number of hydrogen-bond donors (Lipinski definition) is 1. The van der Waals surface area contributed by atoms with E-state index in [1.165, 1.54) is 68.9 Å². The fourth-order valence-corrected chi connectivity index (χ4v) is 5.10. The number of aliphatic hydroxyl groups is 1. The Hall–Kier alpha value is -0.820. The molecule has 1 aromatic rings. The van der Waals surface area contributed by atoms with Gasteiger partial charge in [0.05, 0.1) is 6.10 Å². The lowest BCUT2D eigenvalue weighted by atomic mass is 9.75. The summed E-state index contributed by atoms with van der Waals surface area (Å²) < 4.78 is 0. The zero-order chi connectivity index (χ0) is 17.1. The van der Waals surface area contributed by atoms with Crippen molar-refractivity contribution >= 4 is 0 Å². The van der Waals surface area contributed by atoms with E-state index in [0.29, 0.717) is 5.92 Å². The van der Waals surface area contributed by atoms with E-state index in [4.69, 9.17) is 0 Å². The maximum Gasteiger partial charge on any atom is 0.0818 e. The molecule has 1 nitrogen and oxygen atoms in total. The number of rotatable bonds is 4. The maximum absolute atomic E-state index is 10.8. The Labute approximate surface area is 148 Å².